The molecule has 1 aromatic rings. The maximum Gasteiger partial charge on any atom is 0.434 e. The predicted molar refractivity (Wildman–Crippen MR) is 58.6 cm³/mol. The van der Waals surface area contributed by atoms with Gasteiger partial charge < -0.3 is 5.73 Å². The summed E-state index contributed by atoms with van der Waals surface area (Å²) in [4.78, 5) is 21.7. The fourth-order valence-corrected chi connectivity index (χ4v) is 1.53. The second-order valence-electron chi connectivity index (χ2n) is 3.87. The van der Waals surface area contributed by atoms with Crippen molar-refractivity contribution >= 4 is 12.1 Å². The van der Waals surface area contributed by atoms with E-state index in [0.29, 0.717) is 0 Å². The molecule has 1 unspecified atom stereocenters. The molecule has 3 nitrogen and oxygen atoms in total. The lowest BCUT2D eigenvalue weighted by atomic mass is 9.87. The molecule has 2 N–H and O–H groups in total. The summed E-state index contributed by atoms with van der Waals surface area (Å²) in [5.41, 5.74) is -0.00642. The molecule has 0 saturated carbocycles. The Bertz CT molecular complexity index is 461. The van der Waals surface area contributed by atoms with Gasteiger partial charge in [-0.1, -0.05) is 30.3 Å². The number of Topliss-reactive ketones (excluding diaryl/α,β-unsaturated/α-hetero) is 1. The maximum atomic E-state index is 14.3. The van der Waals surface area contributed by atoms with Gasteiger partial charge in [-0.2, -0.15) is 13.2 Å². The molecule has 0 aliphatic carbocycles. The molecule has 0 fully saturated rings. The zero-order valence-corrected chi connectivity index (χ0v) is 9.58. The average Bonchev–Trinajstić information content (AvgIpc) is 2.37. The van der Waals surface area contributed by atoms with Crippen molar-refractivity contribution in [3.05, 3.63) is 35.9 Å². The molecule has 0 saturated heterocycles. The van der Waals surface area contributed by atoms with Gasteiger partial charge in [0.05, 0.1) is 6.04 Å². The Balaban J connectivity index is 3.22. The zero-order valence-electron chi connectivity index (χ0n) is 9.58. The summed E-state index contributed by atoms with van der Waals surface area (Å²) in [5.74, 6) is -1.82. The highest BCUT2D eigenvalue weighted by Gasteiger charge is 2.62. The molecule has 103 valence electrons. The lowest BCUT2D eigenvalue weighted by Crippen LogP contribution is -2.47. The van der Waals surface area contributed by atoms with Gasteiger partial charge in [-0.25, -0.2) is 4.39 Å². The fourth-order valence-electron chi connectivity index (χ4n) is 1.53. The largest absolute Gasteiger partial charge is 0.434 e. The first-order chi connectivity index (χ1) is 8.73. The Morgan fingerprint density at radius 1 is 1.21 bits per heavy atom. The average molecular weight is 276 g/mol. The Morgan fingerprint density at radius 3 is 2.16 bits per heavy atom. The second-order valence-corrected chi connectivity index (χ2v) is 3.87. The van der Waals surface area contributed by atoms with Crippen molar-refractivity contribution in [1.29, 1.82) is 0 Å². The number of carbonyl (C=O) groups excluding carboxylic acids is 2. The van der Waals surface area contributed by atoms with E-state index < -0.39 is 35.7 Å². The number of hydrogen-bond donors (Lipinski definition) is 1. The summed E-state index contributed by atoms with van der Waals surface area (Å²) in [6.07, 6.45) is -5.37. The van der Waals surface area contributed by atoms with Crippen molar-refractivity contribution in [3.63, 3.8) is 0 Å². The van der Waals surface area contributed by atoms with Gasteiger partial charge in [0, 0.05) is 12.0 Å². The van der Waals surface area contributed by atoms with E-state index in [1.54, 1.807) is 0 Å². The minimum absolute atomic E-state index is 0.842. The van der Waals surface area contributed by atoms with Crippen molar-refractivity contribution in [2.45, 2.75) is 24.3 Å². The standard InChI is InChI=1S/C12H10F4NO2/c13-11(12(14,15)16,8-4-2-1-3-5-8)10(19)6-9(17)7-18/h1-5,9H,6,17H2/t9-,11?/m0/s1. The van der Waals surface area contributed by atoms with E-state index >= 15 is 0 Å². The van der Waals surface area contributed by atoms with Crippen LogP contribution in [0.1, 0.15) is 12.0 Å². The van der Waals surface area contributed by atoms with Crippen molar-refractivity contribution in [2.24, 2.45) is 5.73 Å². The van der Waals surface area contributed by atoms with Crippen LogP contribution < -0.4 is 5.73 Å². The van der Waals surface area contributed by atoms with Crippen molar-refractivity contribution in [2.75, 3.05) is 0 Å². The van der Waals surface area contributed by atoms with Crippen LogP contribution in [0.25, 0.3) is 0 Å². The summed E-state index contributed by atoms with van der Waals surface area (Å²) >= 11 is 0. The van der Waals surface area contributed by atoms with Gasteiger partial charge in [0.1, 0.15) is 0 Å². The topological polar surface area (TPSA) is 60.2 Å². The molecular formula is C12H10F4NO2. The van der Waals surface area contributed by atoms with Crippen LogP contribution in [0.3, 0.4) is 0 Å². The maximum absolute atomic E-state index is 14.3. The molecule has 0 bridgehead atoms. The molecule has 7 heteroatoms. The number of ketones is 1. The minimum Gasteiger partial charge on any atom is -0.321 e. The molecule has 0 aliphatic heterocycles. The lowest BCUT2D eigenvalue weighted by molar-refractivity contribution is -0.230. The van der Waals surface area contributed by atoms with Crippen molar-refractivity contribution < 1.29 is 27.2 Å². The first-order valence-electron chi connectivity index (χ1n) is 5.21. The highest BCUT2D eigenvalue weighted by molar-refractivity contribution is 5.91. The van der Waals surface area contributed by atoms with Crippen LogP contribution in [0.5, 0.6) is 0 Å². The van der Waals surface area contributed by atoms with E-state index in [1.165, 1.54) is 18.2 Å². The van der Waals surface area contributed by atoms with Gasteiger partial charge in [-0.15, -0.1) is 0 Å². The number of halogens is 4. The predicted octanol–water partition coefficient (Wildman–Crippen LogP) is 1.81. The molecule has 0 aromatic heterocycles. The highest BCUT2D eigenvalue weighted by Crippen LogP contribution is 2.44. The molecule has 19 heavy (non-hydrogen) atoms. The van der Waals surface area contributed by atoms with E-state index in [4.69, 9.17) is 5.73 Å². The van der Waals surface area contributed by atoms with E-state index in [9.17, 15) is 27.2 Å². The fraction of sp³-hybridized carbons (Fsp3) is 0.333. The Morgan fingerprint density at radius 2 is 1.74 bits per heavy atom. The smallest absolute Gasteiger partial charge is 0.321 e. The molecule has 0 amide bonds. The van der Waals surface area contributed by atoms with Crippen molar-refractivity contribution in [1.82, 2.24) is 0 Å². The quantitative estimate of drug-likeness (QED) is 0.834. The number of hydrogen-bond acceptors (Lipinski definition) is 3. The molecular weight excluding hydrogens is 266 g/mol. The number of nitrogens with two attached hydrogens (primary N) is 1. The lowest BCUT2D eigenvalue weighted by Gasteiger charge is -2.27. The highest BCUT2D eigenvalue weighted by atomic mass is 19.4. The summed E-state index contributed by atoms with van der Waals surface area (Å²) in [5, 5.41) is 0. The van der Waals surface area contributed by atoms with Crippen LogP contribution in [0.4, 0.5) is 17.6 Å². The van der Waals surface area contributed by atoms with E-state index in [2.05, 4.69) is 0 Å². The molecule has 1 radical (unpaired) electrons. The third-order valence-corrected chi connectivity index (χ3v) is 2.50. The van der Waals surface area contributed by atoms with Gasteiger partial charge in [0.25, 0.3) is 5.67 Å². The molecule has 2 atom stereocenters. The van der Waals surface area contributed by atoms with Crippen LogP contribution in [0, 0.1) is 0 Å². The molecule has 0 aliphatic rings. The number of benzene rings is 1. The van der Waals surface area contributed by atoms with Crippen LogP contribution in [0.15, 0.2) is 30.3 Å². The Kier molecular flexibility index (Phi) is 4.41. The summed E-state index contributed by atoms with van der Waals surface area (Å²) in [6, 6.07) is 3.84. The first-order valence-corrected chi connectivity index (χ1v) is 5.21. The van der Waals surface area contributed by atoms with Gasteiger partial charge in [-0.3, -0.25) is 9.59 Å². The number of alkyl halides is 4. The van der Waals surface area contributed by atoms with Gasteiger partial charge >= 0.3 is 6.18 Å². The SMILES string of the molecule is N[C@H]([C]=O)CC(=O)C(F)(c1ccccc1)C(F)(F)F. The molecule has 1 rings (SSSR count). The Labute approximate surface area is 106 Å². The second kappa shape index (κ2) is 5.48. The Hall–Kier alpha value is -1.76. The summed E-state index contributed by atoms with van der Waals surface area (Å²) < 4.78 is 52.8. The first kappa shape index (κ1) is 15.3. The minimum atomic E-state index is -5.44. The van der Waals surface area contributed by atoms with E-state index in [1.807, 2.05) is 0 Å². The number of rotatable bonds is 5. The monoisotopic (exact) mass is 276 g/mol. The third-order valence-electron chi connectivity index (χ3n) is 2.50. The van der Waals surface area contributed by atoms with E-state index in [0.717, 1.165) is 18.4 Å². The van der Waals surface area contributed by atoms with Crippen LogP contribution in [-0.2, 0) is 15.3 Å². The van der Waals surface area contributed by atoms with E-state index in [-0.39, 0.29) is 0 Å². The van der Waals surface area contributed by atoms with Crippen LogP contribution in [0.2, 0.25) is 0 Å². The summed E-state index contributed by atoms with van der Waals surface area (Å²) in [7, 11) is 0. The molecule has 1 aromatic carbocycles. The third kappa shape index (κ3) is 2.98. The van der Waals surface area contributed by atoms with Crippen LogP contribution in [-0.4, -0.2) is 24.3 Å². The van der Waals surface area contributed by atoms with Gasteiger partial charge in [0.15, 0.2) is 5.78 Å². The van der Waals surface area contributed by atoms with Gasteiger partial charge in [0.2, 0.25) is 6.29 Å². The van der Waals surface area contributed by atoms with Gasteiger partial charge in [-0.05, 0) is 0 Å². The van der Waals surface area contributed by atoms with Crippen LogP contribution >= 0.6 is 0 Å². The zero-order chi connectivity index (χ0) is 14.7. The van der Waals surface area contributed by atoms with Crippen molar-refractivity contribution in [3.8, 4) is 0 Å². The molecule has 0 spiro atoms. The summed E-state index contributed by atoms with van der Waals surface area (Å²) in [6.45, 7) is 0. The molecule has 0 heterocycles. The number of carbonyl (C=O) groups is 1. The normalized spacial score (nSPS) is 16.5.